The van der Waals surface area contributed by atoms with Crippen molar-refractivity contribution in [2.75, 3.05) is 7.11 Å². The first-order chi connectivity index (χ1) is 10.0. The molecule has 0 aliphatic carbocycles. The summed E-state index contributed by atoms with van der Waals surface area (Å²) in [4.78, 5) is 0. The fraction of sp³-hybridized carbons (Fsp3) is 0.250. The van der Waals surface area contributed by atoms with Crippen molar-refractivity contribution in [2.45, 2.75) is 19.6 Å². The smallest absolute Gasteiger partial charge is 0.126 e. The van der Waals surface area contributed by atoms with Crippen molar-refractivity contribution in [1.29, 1.82) is 0 Å². The van der Waals surface area contributed by atoms with Gasteiger partial charge in [-0.25, -0.2) is 0 Å². The first-order valence-corrected chi connectivity index (χ1v) is 8.02. The van der Waals surface area contributed by atoms with Gasteiger partial charge in [-0.3, -0.25) is 0 Å². The first kappa shape index (κ1) is 16.3. The van der Waals surface area contributed by atoms with E-state index in [2.05, 4.69) is 31.9 Å². The van der Waals surface area contributed by atoms with E-state index in [1.165, 1.54) is 0 Å². The van der Waals surface area contributed by atoms with Crippen molar-refractivity contribution in [3.8, 4) is 11.5 Å². The molecule has 5 heteroatoms. The topological polar surface area (TPSA) is 38.7 Å². The van der Waals surface area contributed by atoms with Gasteiger partial charge in [0, 0.05) is 20.1 Å². The van der Waals surface area contributed by atoms with Gasteiger partial charge < -0.3 is 14.6 Å². The molecule has 0 radical (unpaired) electrons. The third kappa shape index (κ3) is 4.22. The predicted molar refractivity (Wildman–Crippen MR) is 89.8 cm³/mol. The molecule has 1 N–H and O–H groups in total. The summed E-state index contributed by atoms with van der Waals surface area (Å²) in [6.45, 7) is 2.10. The average molecular weight is 416 g/mol. The van der Waals surface area contributed by atoms with Crippen LogP contribution < -0.4 is 9.47 Å². The summed E-state index contributed by atoms with van der Waals surface area (Å²) in [6.07, 6.45) is -0.582. The molecule has 2 rings (SSSR count). The van der Waals surface area contributed by atoms with E-state index >= 15 is 0 Å². The van der Waals surface area contributed by atoms with Crippen LogP contribution in [0.2, 0.25) is 0 Å². The lowest BCUT2D eigenvalue weighted by Gasteiger charge is -2.15. The van der Waals surface area contributed by atoms with Crippen LogP contribution >= 0.6 is 31.9 Å². The van der Waals surface area contributed by atoms with Gasteiger partial charge in [0.2, 0.25) is 0 Å². The van der Waals surface area contributed by atoms with E-state index in [0.29, 0.717) is 12.4 Å². The molecule has 1 atom stereocenters. The van der Waals surface area contributed by atoms with E-state index in [-0.39, 0.29) is 0 Å². The Kier molecular flexibility index (Phi) is 5.67. The van der Waals surface area contributed by atoms with Crippen molar-refractivity contribution in [3.05, 3.63) is 56.5 Å². The van der Waals surface area contributed by atoms with Gasteiger partial charge in [-0.15, -0.1) is 0 Å². The maximum Gasteiger partial charge on any atom is 0.126 e. The number of aliphatic hydroxyl groups is 1. The molecule has 0 unspecified atom stereocenters. The van der Waals surface area contributed by atoms with E-state index in [1.807, 2.05) is 36.4 Å². The van der Waals surface area contributed by atoms with Gasteiger partial charge in [0.05, 0.1) is 13.2 Å². The Labute approximate surface area is 141 Å². The Morgan fingerprint density at radius 1 is 1.14 bits per heavy atom. The van der Waals surface area contributed by atoms with Crippen molar-refractivity contribution in [3.63, 3.8) is 0 Å². The fourth-order valence-electron chi connectivity index (χ4n) is 1.92. The normalized spacial score (nSPS) is 12.0. The summed E-state index contributed by atoms with van der Waals surface area (Å²) in [7, 11) is 1.63. The van der Waals surface area contributed by atoms with Crippen LogP contribution in [0.25, 0.3) is 0 Å². The molecule has 0 aromatic heterocycles. The number of benzene rings is 2. The molecule has 0 aliphatic heterocycles. The van der Waals surface area contributed by atoms with Gasteiger partial charge in [-0.1, -0.05) is 37.9 Å². The summed E-state index contributed by atoms with van der Waals surface area (Å²) in [5.41, 5.74) is 1.74. The Morgan fingerprint density at radius 3 is 2.57 bits per heavy atom. The minimum absolute atomic E-state index is 0.383. The van der Waals surface area contributed by atoms with Crippen LogP contribution in [0.5, 0.6) is 11.5 Å². The van der Waals surface area contributed by atoms with Crippen LogP contribution in [0.1, 0.15) is 24.2 Å². The second-order valence-electron chi connectivity index (χ2n) is 4.60. The molecular formula is C16H16Br2O3. The van der Waals surface area contributed by atoms with Gasteiger partial charge in [-0.2, -0.15) is 0 Å². The summed E-state index contributed by atoms with van der Waals surface area (Å²) in [5, 5.41) is 9.80. The number of methoxy groups -OCH3 is 1. The van der Waals surface area contributed by atoms with Crippen molar-refractivity contribution in [2.24, 2.45) is 0 Å². The lowest BCUT2D eigenvalue weighted by Crippen LogP contribution is -2.02. The molecule has 0 spiro atoms. The molecule has 0 saturated heterocycles. The van der Waals surface area contributed by atoms with E-state index in [0.717, 1.165) is 25.8 Å². The number of ether oxygens (including phenoxy) is 2. The Balaban J connectivity index is 2.22. The van der Waals surface area contributed by atoms with Crippen molar-refractivity contribution >= 4 is 31.9 Å². The average Bonchev–Trinajstić information content (AvgIpc) is 2.46. The summed E-state index contributed by atoms with van der Waals surface area (Å²) in [5.74, 6) is 1.44. The standard InChI is InChI=1S/C16H16Br2O3/c1-10(19)14-5-3-12(17)8-16(14)21-9-11-7-13(20-2)4-6-15(11)18/h3-8,10,19H,9H2,1-2H3/t10-/m0/s1. The molecule has 0 fully saturated rings. The Morgan fingerprint density at radius 2 is 1.90 bits per heavy atom. The maximum atomic E-state index is 9.80. The largest absolute Gasteiger partial charge is 0.497 e. The summed E-state index contributed by atoms with van der Waals surface area (Å²) in [6, 6.07) is 11.3. The Hall–Kier alpha value is -1.04. The molecule has 2 aromatic rings. The predicted octanol–water partition coefficient (Wildman–Crippen LogP) is 4.85. The number of halogens is 2. The molecule has 2 aromatic carbocycles. The van der Waals surface area contributed by atoms with Crippen LogP contribution in [0.4, 0.5) is 0 Å². The van der Waals surface area contributed by atoms with Crippen LogP contribution in [0.15, 0.2) is 45.3 Å². The van der Waals surface area contributed by atoms with E-state index in [4.69, 9.17) is 9.47 Å². The van der Waals surface area contributed by atoms with Crippen molar-refractivity contribution in [1.82, 2.24) is 0 Å². The molecule has 0 bridgehead atoms. The summed E-state index contributed by atoms with van der Waals surface area (Å²) >= 11 is 6.92. The molecule has 112 valence electrons. The summed E-state index contributed by atoms with van der Waals surface area (Å²) < 4.78 is 13.0. The van der Waals surface area contributed by atoms with Gasteiger partial charge >= 0.3 is 0 Å². The van der Waals surface area contributed by atoms with E-state index < -0.39 is 6.10 Å². The van der Waals surface area contributed by atoms with Crippen LogP contribution in [0, 0.1) is 0 Å². The zero-order valence-corrected chi connectivity index (χ0v) is 14.9. The SMILES string of the molecule is COc1ccc(Br)c(COc2cc(Br)ccc2[C@H](C)O)c1. The first-order valence-electron chi connectivity index (χ1n) is 6.44. The number of aliphatic hydroxyl groups excluding tert-OH is 1. The number of hydrogen-bond acceptors (Lipinski definition) is 3. The number of hydrogen-bond donors (Lipinski definition) is 1. The van der Waals surface area contributed by atoms with Crippen LogP contribution in [-0.4, -0.2) is 12.2 Å². The molecular weight excluding hydrogens is 400 g/mol. The van der Waals surface area contributed by atoms with Gasteiger partial charge in [0.15, 0.2) is 0 Å². The highest BCUT2D eigenvalue weighted by atomic mass is 79.9. The van der Waals surface area contributed by atoms with Gasteiger partial charge in [-0.05, 0) is 37.3 Å². The maximum absolute atomic E-state index is 9.80. The lowest BCUT2D eigenvalue weighted by molar-refractivity contribution is 0.190. The van der Waals surface area contributed by atoms with Crippen LogP contribution in [-0.2, 0) is 6.61 Å². The zero-order valence-electron chi connectivity index (χ0n) is 11.8. The number of rotatable bonds is 5. The van der Waals surface area contributed by atoms with Crippen molar-refractivity contribution < 1.29 is 14.6 Å². The highest BCUT2D eigenvalue weighted by Crippen LogP contribution is 2.30. The third-order valence-electron chi connectivity index (χ3n) is 3.06. The van der Waals surface area contributed by atoms with Gasteiger partial charge in [0.25, 0.3) is 0 Å². The van der Waals surface area contributed by atoms with Gasteiger partial charge in [0.1, 0.15) is 18.1 Å². The van der Waals surface area contributed by atoms with E-state index in [1.54, 1.807) is 14.0 Å². The monoisotopic (exact) mass is 414 g/mol. The molecule has 0 saturated carbocycles. The molecule has 0 amide bonds. The lowest BCUT2D eigenvalue weighted by atomic mass is 10.1. The fourth-order valence-corrected chi connectivity index (χ4v) is 2.62. The Bertz CT molecular complexity index is 627. The molecule has 0 aliphatic rings. The third-order valence-corrected chi connectivity index (χ3v) is 4.33. The second kappa shape index (κ2) is 7.29. The van der Waals surface area contributed by atoms with E-state index in [9.17, 15) is 5.11 Å². The minimum Gasteiger partial charge on any atom is -0.497 e. The second-order valence-corrected chi connectivity index (χ2v) is 6.37. The molecule has 0 heterocycles. The molecule has 21 heavy (non-hydrogen) atoms. The quantitative estimate of drug-likeness (QED) is 0.758. The highest BCUT2D eigenvalue weighted by Gasteiger charge is 2.11. The highest BCUT2D eigenvalue weighted by molar-refractivity contribution is 9.10. The zero-order chi connectivity index (χ0) is 15.4. The van der Waals surface area contributed by atoms with Crippen LogP contribution in [0.3, 0.4) is 0 Å². The molecule has 3 nitrogen and oxygen atoms in total. The minimum atomic E-state index is -0.582.